The van der Waals surface area contributed by atoms with E-state index in [1.807, 2.05) is 13.8 Å². The maximum Gasteiger partial charge on any atom is 0.239 e. The van der Waals surface area contributed by atoms with Gasteiger partial charge in [-0.15, -0.1) is 11.8 Å². The van der Waals surface area contributed by atoms with E-state index in [4.69, 9.17) is 0 Å². The highest BCUT2D eigenvalue weighted by Crippen LogP contribution is 2.13. The molecule has 11 heavy (non-hydrogen) atoms. The molecule has 2 amide bonds. The smallest absolute Gasteiger partial charge is 0.239 e. The van der Waals surface area contributed by atoms with Gasteiger partial charge in [-0.25, -0.2) is 0 Å². The second-order valence-corrected chi connectivity index (χ2v) is 3.19. The van der Waals surface area contributed by atoms with Gasteiger partial charge in [-0.05, 0) is 6.92 Å². The largest absolute Gasteiger partial charge is 0.295 e. The second kappa shape index (κ2) is 5.18. The van der Waals surface area contributed by atoms with Crippen LogP contribution in [0.15, 0.2) is 0 Å². The highest BCUT2D eigenvalue weighted by molar-refractivity contribution is 8.01. The van der Waals surface area contributed by atoms with Gasteiger partial charge >= 0.3 is 0 Å². The molecule has 1 aliphatic rings. The third-order valence-electron chi connectivity index (χ3n) is 1.10. The molecule has 0 aromatic rings. The molecule has 1 atom stereocenters. The molecule has 0 aliphatic carbocycles. The van der Waals surface area contributed by atoms with Gasteiger partial charge in [0.05, 0.1) is 11.0 Å². The average molecular weight is 175 g/mol. The van der Waals surface area contributed by atoms with Crippen molar-refractivity contribution >= 4 is 23.6 Å². The first-order valence-electron chi connectivity index (χ1n) is 3.65. The molecular weight excluding hydrogens is 162 g/mol. The van der Waals surface area contributed by atoms with Crippen LogP contribution in [-0.4, -0.2) is 22.8 Å². The lowest BCUT2D eigenvalue weighted by Crippen LogP contribution is -2.42. The van der Waals surface area contributed by atoms with Crippen molar-refractivity contribution in [2.45, 2.75) is 26.0 Å². The van der Waals surface area contributed by atoms with Crippen molar-refractivity contribution in [3.05, 3.63) is 0 Å². The Balaban J connectivity index is 0.000000461. The summed E-state index contributed by atoms with van der Waals surface area (Å²) in [4.78, 5) is 21.1. The summed E-state index contributed by atoms with van der Waals surface area (Å²) >= 11 is 1.37. The van der Waals surface area contributed by atoms with E-state index in [0.717, 1.165) is 0 Å². The van der Waals surface area contributed by atoms with Crippen LogP contribution in [0.2, 0.25) is 0 Å². The van der Waals surface area contributed by atoms with Gasteiger partial charge < -0.3 is 0 Å². The predicted octanol–water partition coefficient (Wildman–Crippen LogP) is 0.791. The lowest BCUT2D eigenvalue weighted by atomic mass is 10.4. The van der Waals surface area contributed by atoms with E-state index in [9.17, 15) is 9.59 Å². The van der Waals surface area contributed by atoms with Gasteiger partial charge in [-0.1, -0.05) is 13.8 Å². The Kier molecular flexibility index (Phi) is 4.94. The fourth-order valence-corrected chi connectivity index (χ4v) is 1.24. The lowest BCUT2D eigenvalue weighted by Gasteiger charge is -2.15. The summed E-state index contributed by atoms with van der Waals surface area (Å²) in [6.45, 7) is 5.78. The van der Waals surface area contributed by atoms with Gasteiger partial charge in [-0.2, -0.15) is 0 Å². The zero-order valence-corrected chi connectivity index (χ0v) is 7.83. The maximum atomic E-state index is 10.7. The molecule has 1 aliphatic heterocycles. The summed E-state index contributed by atoms with van der Waals surface area (Å²) in [7, 11) is 0. The molecular formula is C7H13NO2S. The predicted molar refractivity (Wildman–Crippen MR) is 46.4 cm³/mol. The molecule has 0 aromatic heterocycles. The first-order valence-corrected chi connectivity index (χ1v) is 4.70. The van der Waals surface area contributed by atoms with Gasteiger partial charge in [0, 0.05) is 0 Å². The van der Waals surface area contributed by atoms with Crippen LogP contribution in [0, 0.1) is 0 Å². The summed E-state index contributed by atoms with van der Waals surface area (Å²) in [5.74, 6) is 0.0618. The van der Waals surface area contributed by atoms with E-state index in [-0.39, 0.29) is 17.1 Å². The zero-order valence-electron chi connectivity index (χ0n) is 7.01. The molecule has 1 saturated heterocycles. The Hall–Kier alpha value is -0.510. The van der Waals surface area contributed by atoms with Crippen LogP contribution in [-0.2, 0) is 9.59 Å². The molecule has 0 spiro atoms. The Morgan fingerprint density at radius 1 is 1.45 bits per heavy atom. The van der Waals surface area contributed by atoms with Crippen LogP contribution in [0.5, 0.6) is 0 Å². The van der Waals surface area contributed by atoms with Crippen molar-refractivity contribution < 1.29 is 9.59 Å². The molecule has 1 unspecified atom stereocenters. The van der Waals surface area contributed by atoms with Crippen LogP contribution < -0.4 is 5.32 Å². The molecule has 1 fully saturated rings. The number of thioether (sulfide) groups is 1. The molecule has 64 valence electrons. The van der Waals surface area contributed by atoms with Crippen LogP contribution in [0.4, 0.5) is 0 Å². The second-order valence-electron chi connectivity index (χ2n) is 1.87. The minimum atomic E-state index is -0.178. The number of amides is 2. The first-order chi connectivity index (χ1) is 5.20. The van der Waals surface area contributed by atoms with Crippen molar-refractivity contribution in [3.63, 3.8) is 0 Å². The molecule has 3 nitrogen and oxygen atoms in total. The topological polar surface area (TPSA) is 46.2 Å². The Bertz CT molecular complexity index is 159. The Morgan fingerprint density at radius 3 is 2.36 bits per heavy atom. The summed E-state index contributed by atoms with van der Waals surface area (Å²) < 4.78 is 0. The average Bonchev–Trinajstić information content (AvgIpc) is 2.02. The summed E-state index contributed by atoms with van der Waals surface area (Å²) in [5.41, 5.74) is 0. The van der Waals surface area contributed by atoms with Gasteiger partial charge in [0.25, 0.3) is 0 Å². The highest BCUT2D eigenvalue weighted by atomic mass is 32.2. The van der Waals surface area contributed by atoms with E-state index in [2.05, 4.69) is 5.32 Å². The standard InChI is InChI=1S/C5H7NO2S.C2H6/c1-3-5(8)6-4(7)2-9-3;1-2/h3H,2H2,1H3,(H,6,7,8);1-2H3. The molecule has 4 heteroatoms. The van der Waals surface area contributed by atoms with Gasteiger partial charge in [-0.3, -0.25) is 14.9 Å². The lowest BCUT2D eigenvalue weighted by molar-refractivity contribution is -0.129. The van der Waals surface area contributed by atoms with Crippen LogP contribution in [0.3, 0.4) is 0 Å². The SMILES string of the molecule is CC.CC1SCC(=O)NC1=O. The van der Waals surface area contributed by atoms with Gasteiger partial charge in [0.2, 0.25) is 11.8 Å². The van der Waals surface area contributed by atoms with Gasteiger partial charge in [0.1, 0.15) is 0 Å². The molecule has 0 saturated carbocycles. The van der Waals surface area contributed by atoms with Crippen molar-refractivity contribution in [1.82, 2.24) is 5.32 Å². The van der Waals surface area contributed by atoms with E-state index in [1.54, 1.807) is 6.92 Å². The van der Waals surface area contributed by atoms with E-state index < -0.39 is 0 Å². The molecule has 0 bridgehead atoms. The number of hydrogen-bond acceptors (Lipinski definition) is 3. The van der Waals surface area contributed by atoms with E-state index in [1.165, 1.54) is 11.8 Å². The monoisotopic (exact) mass is 175 g/mol. The fourth-order valence-electron chi connectivity index (χ4n) is 0.552. The van der Waals surface area contributed by atoms with Crippen molar-refractivity contribution in [2.24, 2.45) is 0 Å². The van der Waals surface area contributed by atoms with Crippen LogP contribution in [0.1, 0.15) is 20.8 Å². The Morgan fingerprint density at radius 2 is 2.00 bits per heavy atom. The molecule has 0 aromatic carbocycles. The minimum Gasteiger partial charge on any atom is -0.295 e. The van der Waals surface area contributed by atoms with E-state index in [0.29, 0.717) is 5.75 Å². The fraction of sp³-hybridized carbons (Fsp3) is 0.714. The quantitative estimate of drug-likeness (QED) is 0.554. The summed E-state index contributed by atoms with van der Waals surface area (Å²) in [6, 6.07) is 0. The first kappa shape index (κ1) is 10.5. The molecule has 1 rings (SSSR count). The highest BCUT2D eigenvalue weighted by Gasteiger charge is 2.22. The number of carbonyl (C=O) groups excluding carboxylic acids is 2. The van der Waals surface area contributed by atoms with Crippen molar-refractivity contribution in [3.8, 4) is 0 Å². The number of imide groups is 1. The molecule has 1 N–H and O–H groups in total. The van der Waals surface area contributed by atoms with Gasteiger partial charge in [0.15, 0.2) is 0 Å². The summed E-state index contributed by atoms with van der Waals surface area (Å²) in [5, 5.41) is 2.16. The number of hydrogen-bond donors (Lipinski definition) is 1. The number of carbonyl (C=O) groups is 2. The third-order valence-corrected chi connectivity index (χ3v) is 2.24. The summed E-state index contributed by atoms with van der Waals surface area (Å²) in [6.07, 6.45) is 0. The maximum absolute atomic E-state index is 10.7. The van der Waals surface area contributed by atoms with Crippen molar-refractivity contribution in [1.29, 1.82) is 0 Å². The minimum absolute atomic E-state index is 0.0669. The van der Waals surface area contributed by atoms with E-state index >= 15 is 0 Å². The van der Waals surface area contributed by atoms with Crippen LogP contribution in [0.25, 0.3) is 0 Å². The van der Waals surface area contributed by atoms with Crippen LogP contribution >= 0.6 is 11.8 Å². The molecule has 0 radical (unpaired) electrons. The van der Waals surface area contributed by atoms with Crippen molar-refractivity contribution in [2.75, 3.05) is 5.75 Å². The molecule has 1 heterocycles. The number of nitrogens with one attached hydrogen (secondary N) is 1. The Labute approximate surface area is 70.9 Å². The zero-order chi connectivity index (χ0) is 8.85. The number of rotatable bonds is 0. The normalized spacial score (nSPS) is 23.4. The third kappa shape index (κ3) is 3.41.